The highest BCUT2D eigenvalue weighted by atomic mass is 79.9. The van der Waals surface area contributed by atoms with Crippen LogP contribution in [0.25, 0.3) is 0 Å². The SMILES string of the molecule is CCO[C@@H](C)c1noc(CNc2ncc(Br)cn2)n1. The fourth-order valence-electron chi connectivity index (χ4n) is 1.39. The van der Waals surface area contributed by atoms with Gasteiger partial charge in [-0.05, 0) is 29.8 Å². The smallest absolute Gasteiger partial charge is 0.246 e. The van der Waals surface area contributed by atoms with Crippen LogP contribution in [-0.2, 0) is 11.3 Å². The molecule has 2 aromatic heterocycles. The third-order valence-corrected chi connectivity index (χ3v) is 2.69. The van der Waals surface area contributed by atoms with Crippen molar-refractivity contribution in [2.75, 3.05) is 11.9 Å². The standard InChI is InChI=1S/C11H14BrN5O2/c1-3-18-7(2)10-16-9(19-17-10)6-15-11-13-4-8(12)5-14-11/h4-5,7H,3,6H2,1-2H3,(H,13,14,15)/t7-/m0/s1. The normalized spacial score (nSPS) is 12.4. The van der Waals surface area contributed by atoms with Gasteiger partial charge in [-0.15, -0.1) is 0 Å². The fraction of sp³-hybridized carbons (Fsp3) is 0.455. The Morgan fingerprint density at radius 2 is 2.16 bits per heavy atom. The second-order valence-electron chi connectivity index (χ2n) is 3.72. The summed E-state index contributed by atoms with van der Waals surface area (Å²) in [5.74, 6) is 1.50. The van der Waals surface area contributed by atoms with E-state index in [1.807, 2.05) is 13.8 Å². The van der Waals surface area contributed by atoms with Gasteiger partial charge in [0.05, 0.1) is 11.0 Å². The van der Waals surface area contributed by atoms with E-state index in [4.69, 9.17) is 9.26 Å². The van der Waals surface area contributed by atoms with E-state index in [-0.39, 0.29) is 6.10 Å². The first-order valence-electron chi connectivity index (χ1n) is 5.84. The lowest BCUT2D eigenvalue weighted by Gasteiger charge is -2.04. The van der Waals surface area contributed by atoms with Crippen LogP contribution < -0.4 is 5.32 Å². The van der Waals surface area contributed by atoms with Crippen molar-refractivity contribution in [2.45, 2.75) is 26.5 Å². The van der Waals surface area contributed by atoms with Gasteiger partial charge in [-0.2, -0.15) is 4.98 Å². The summed E-state index contributed by atoms with van der Waals surface area (Å²) in [5.41, 5.74) is 0. The van der Waals surface area contributed by atoms with Gasteiger partial charge in [0.15, 0.2) is 5.82 Å². The van der Waals surface area contributed by atoms with E-state index in [1.165, 1.54) is 0 Å². The third-order valence-electron chi connectivity index (χ3n) is 2.28. The predicted octanol–water partition coefficient (Wildman–Crippen LogP) is 2.33. The minimum absolute atomic E-state index is 0.175. The summed E-state index contributed by atoms with van der Waals surface area (Å²) in [7, 11) is 0. The Kier molecular flexibility index (Phi) is 4.80. The number of halogens is 1. The molecule has 2 aromatic rings. The molecule has 0 saturated carbocycles. The van der Waals surface area contributed by atoms with Crippen LogP contribution in [0.2, 0.25) is 0 Å². The zero-order valence-electron chi connectivity index (χ0n) is 10.6. The van der Waals surface area contributed by atoms with Crippen LogP contribution in [0, 0.1) is 0 Å². The van der Waals surface area contributed by atoms with Crippen molar-refractivity contribution in [1.82, 2.24) is 20.1 Å². The lowest BCUT2D eigenvalue weighted by molar-refractivity contribution is 0.0683. The van der Waals surface area contributed by atoms with Crippen LogP contribution in [-0.4, -0.2) is 26.7 Å². The molecule has 0 unspecified atom stereocenters. The molecule has 0 aromatic carbocycles. The maximum atomic E-state index is 5.38. The molecule has 0 saturated heterocycles. The highest BCUT2D eigenvalue weighted by Crippen LogP contribution is 2.13. The van der Waals surface area contributed by atoms with Gasteiger partial charge in [0.25, 0.3) is 0 Å². The molecule has 2 heterocycles. The second-order valence-corrected chi connectivity index (χ2v) is 4.64. The molecule has 1 N–H and O–H groups in total. The third kappa shape index (κ3) is 3.97. The summed E-state index contributed by atoms with van der Waals surface area (Å²) in [4.78, 5) is 12.4. The molecule has 0 aliphatic heterocycles. The zero-order valence-corrected chi connectivity index (χ0v) is 12.2. The van der Waals surface area contributed by atoms with Gasteiger partial charge in [0, 0.05) is 19.0 Å². The molecule has 0 aliphatic carbocycles. The van der Waals surface area contributed by atoms with Crippen molar-refractivity contribution < 1.29 is 9.26 Å². The van der Waals surface area contributed by atoms with E-state index in [0.29, 0.717) is 30.8 Å². The number of anilines is 1. The maximum absolute atomic E-state index is 5.38. The lowest BCUT2D eigenvalue weighted by atomic mass is 10.4. The molecule has 0 fully saturated rings. The molecule has 0 radical (unpaired) electrons. The highest BCUT2D eigenvalue weighted by Gasteiger charge is 2.13. The van der Waals surface area contributed by atoms with Crippen LogP contribution in [0.3, 0.4) is 0 Å². The molecular formula is C11H14BrN5O2. The van der Waals surface area contributed by atoms with Gasteiger partial charge in [-0.1, -0.05) is 5.16 Å². The molecule has 2 rings (SSSR count). The quantitative estimate of drug-likeness (QED) is 0.871. The molecule has 0 spiro atoms. The molecule has 1 atom stereocenters. The minimum atomic E-state index is -0.175. The Morgan fingerprint density at radius 1 is 1.42 bits per heavy atom. The average Bonchev–Trinajstić information content (AvgIpc) is 2.87. The molecule has 7 nitrogen and oxygen atoms in total. The average molecular weight is 328 g/mol. The number of ether oxygens (including phenoxy) is 1. The summed E-state index contributed by atoms with van der Waals surface area (Å²) < 4.78 is 11.3. The van der Waals surface area contributed by atoms with Gasteiger partial charge in [-0.3, -0.25) is 0 Å². The van der Waals surface area contributed by atoms with Crippen molar-refractivity contribution in [1.29, 1.82) is 0 Å². The van der Waals surface area contributed by atoms with Gasteiger partial charge >= 0.3 is 0 Å². The highest BCUT2D eigenvalue weighted by molar-refractivity contribution is 9.10. The van der Waals surface area contributed by atoms with Crippen molar-refractivity contribution in [3.05, 3.63) is 28.6 Å². The Labute approximate surface area is 118 Å². The first-order chi connectivity index (χ1) is 9.19. The first kappa shape index (κ1) is 13.9. The largest absolute Gasteiger partial charge is 0.371 e. The fourth-order valence-corrected chi connectivity index (χ4v) is 1.59. The van der Waals surface area contributed by atoms with Crippen LogP contribution in [0.5, 0.6) is 0 Å². The first-order valence-corrected chi connectivity index (χ1v) is 6.64. The molecule has 102 valence electrons. The number of rotatable bonds is 6. The number of hydrogen-bond acceptors (Lipinski definition) is 7. The summed E-state index contributed by atoms with van der Waals surface area (Å²) >= 11 is 3.27. The number of aromatic nitrogens is 4. The topological polar surface area (TPSA) is 86.0 Å². The van der Waals surface area contributed by atoms with Crippen molar-refractivity contribution in [3.8, 4) is 0 Å². The summed E-state index contributed by atoms with van der Waals surface area (Å²) in [6.45, 7) is 4.77. The molecule has 0 aliphatic rings. The van der Waals surface area contributed by atoms with Gasteiger partial charge in [-0.25, -0.2) is 9.97 Å². The molecule has 0 amide bonds. The number of nitrogens with one attached hydrogen (secondary N) is 1. The molecule has 8 heteroatoms. The van der Waals surface area contributed by atoms with E-state index in [1.54, 1.807) is 12.4 Å². The van der Waals surface area contributed by atoms with Gasteiger partial charge < -0.3 is 14.6 Å². The molecule has 0 bridgehead atoms. The van der Waals surface area contributed by atoms with Crippen LogP contribution in [0.15, 0.2) is 21.4 Å². The van der Waals surface area contributed by atoms with E-state index in [9.17, 15) is 0 Å². The predicted molar refractivity (Wildman–Crippen MR) is 71.4 cm³/mol. The zero-order chi connectivity index (χ0) is 13.7. The van der Waals surface area contributed by atoms with Crippen molar-refractivity contribution >= 4 is 21.9 Å². The monoisotopic (exact) mass is 327 g/mol. The number of nitrogens with zero attached hydrogens (tertiary/aromatic N) is 4. The van der Waals surface area contributed by atoms with E-state index < -0.39 is 0 Å². The summed E-state index contributed by atoms with van der Waals surface area (Å²) in [6, 6.07) is 0. The summed E-state index contributed by atoms with van der Waals surface area (Å²) in [6.07, 6.45) is 3.14. The molecular weight excluding hydrogens is 314 g/mol. The van der Waals surface area contributed by atoms with Crippen LogP contribution in [0.4, 0.5) is 5.95 Å². The lowest BCUT2D eigenvalue weighted by Crippen LogP contribution is -2.05. The Hall–Kier alpha value is -1.54. The Balaban J connectivity index is 1.91. The second kappa shape index (κ2) is 6.58. The Morgan fingerprint density at radius 3 is 2.84 bits per heavy atom. The van der Waals surface area contributed by atoms with Gasteiger partial charge in [0.1, 0.15) is 6.10 Å². The maximum Gasteiger partial charge on any atom is 0.246 e. The van der Waals surface area contributed by atoms with Crippen LogP contribution >= 0.6 is 15.9 Å². The van der Waals surface area contributed by atoms with E-state index in [2.05, 4.69) is 41.4 Å². The van der Waals surface area contributed by atoms with Crippen LogP contribution in [0.1, 0.15) is 31.7 Å². The van der Waals surface area contributed by atoms with E-state index in [0.717, 1.165) is 4.47 Å². The van der Waals surface area contributed by atoms with Crippen molar-refractivity contribution in [2.24, 2.45) is 0 Å². The number of hydrogen-bond donors (Lipinski definition) is 1. The summed E-state index contributed by atoms with van der Waals surface area (Å²) in [5, 5.41) is 6.85. The molecule has 19 heavy (non-hydrogen) atoms. The van der Waals surface area contributed by atoms with Crippen molar-refractivity contribution in [3.63, 3.8) is 0 Å². The van der Waals surface area contributed by atoms with Gasteiger partial charge in [0.2, 0.25) is 11.8 Å². The Bertz CT molecular complexity index is 516. The van der Waals surface area contributed by atoms with E-state index >= 15 is 0 Å². The minimum Gasteiger partial charge on any atom is -0.371 e.